The molecule has 4 nitrogen and oxygen atoms in total. The largest absolute Gasteiger partial charge is 0.456 e. The van der Waals surface area contributed by atoms with Crippen molar-refractivity contribution in [2.24, 2.45) is 0 Å². The topological polar surface area (TPSA) is 56.8 Å². The fraction of sp³-hybridized carbons (Fsp3) is 0.294. The van der Waals surface area contributed by atoms with E-state index in [4.69, 9.17) is 9.52 Å². The quantitative estimate of drug-likeness (QED) is 0.755. The molecule has 2 N–H and O–H groups in total. The lowest BCUT2D eigenvalue weighted by atomic mass is 10.1. The van der Waals surface area contributed by atoms with Crippen molar-refractivity contribution < 1.29 is 14.6 Å². The van der Waals surface area contributed by atoms with Crippen LogP contribution in [0, 0.1) is 0 Å². The number of para-hydroxylation sites is 2. The second kappa shape index (κ2) is 5.85. The molecule has 0 aliphatic carbocycles. The van der Waals surface area contributed by atoms with Crippen molar-refractivity contribution in [3.63, 3.8) is 0 Å². The van der Waals surface area contributed by atoms with Gasteiger partial charge in [0.05, 0.1) is 12.7 Å². The van der Waals surface area contributed by atoms with Gasteiger partial charge in [-0.2, -0.15) is 0 Å². The molecule has 0 amide bonds. The summed E-state index contributed by atoms with van der Waals surface area (Å²) in [5.74, 6) is 0. The van der Waals surface area contributed by atoms with Crippen LogP contribution in [0.3, 0.4) is 0 Å². The molecular formula is C17H19NO3. The highest BCUT2D eigenvalue weighted by atomic mass is 16.3. The zero-order valence-electron chi connectivity index (χ0n) is 12.0. The molecular weight excluding hydrogens is 266 g/mol. The van der Waals surface area contributed by atoms with Crippen LogP contribution in [0.2, 0.25) is 0 Å². The first-order valence-corrected chi connectivity index (χ1v) is 7.05. The minimum atomic E-state index is -0.718. The number of hydrogen-bond donors (Lipinski definition) is 2. The van der Waals surface area contributed by atoms with E-state index in [9.17, 15) is 5.11 Å². The highest BCUT2D eigenvalue weighted by Gasteiger charge is 2.13. The molecule has 2 aromatic carbocycles. The zero-order valence-corrected chi connectivity index (χ0v) is 12.0. The number of nitrogens with zero attached hydrogens (tertiary/aromatic N) is 1. The second-order valence-corrected chi connectivity index (χ2v) is 5.43. The summed E-state index contributed by atoms with van der Waals surface area (Å²) in [4.78, 5) is 1.98. The third-order valence-corrected chi connectivity index (χ3v) is 3.66. The van der Waals surface area contributed by atoms with Gasteiger partial charge in [-0.25, -0.2) is 0 Å². The monoisotopic (exact) mass is 285 g/mol. The van der Waals surface area contributed by atoms with Crippen molar-refractivity contribution >= 4 is 21.9 Å². The molecule has 1 atom stereocenters. The van der Waals surface area contributed by atoms with E-state index < -0.39 is 6.10 Å². The second-order valence-electron chi connectivity index (χ2n) is 5.43. The summed E-state index contributed by atoms with van der Waals surface area (Å²) < 4.78 is 5.98. The van der Waals surface area contributed by atoms with Crippen LogP contribution >= 0.6 is 0 Å². The highest BCUT2D eigenvalue weighted by molar-refractivity contribution is 6.05. The minimum Gasteiger partial charge on any atom is -0.456 e. The first-order chi connectivity index (χ1) is 10.2. The number of hydrogen-bond acceptors (Lipinski definition) is 4. The van der Waals surface area contributed by atoms with Gasteiger partial charge in [0, 0.05) is 29.4 Å². The van der Waals surface area contributed by atoms with Gasteiger partial charge >= 0.3 is 0 Å². The molecule has 1 aromatic heterocycles. The van der Waals surface area contributed by atoms with Gasteiger partial charge in [0.15, 0.2) is 0 Å². The summed E-state index contributed by atoms with van der Waals surface area (Å²) in [6, 6.07) is 14.1. The van der Waals surface area contributed by atoms with E-state index in [0.717, 1.165) is 27.5 Å². The first kappa shape index (κ1) is 14.1. The Kier molecular flexibility index (Phi) is 3.92. The van der Waals surface area contributed by atoms with Crippen LogP contribution in [0.4, 0.5) is 0 Å². The standard InChI is InChI=1S/C17H19NO3/c1-18(10-13(20)11-19)9-12-5-4-7-15-14-6-2-3-8-16(14)21-17(12)15/h2-8,13,19-20H,9-11H2,1H3. The van der Waals surface area contributed by atoms with Crippen molar-refractivity contribution in [3.05, 3.63) is 48.0 Å². The van der Waals surface area contributed by atoms with Crippen LogP contribution < -0.4 is 0 Å². The Hall–Kier alpha value is -1.88. The molecule has 0 fully saturated rings. The van der Waals surface area contributed by atoms with Gasteiger partial charge in [-0.15, -0.1) is 0 Å². The molecule has 0 bridgehead atoms. The molecule has 0 saturated carbocycles. The van der Waals surface area contributed by atoms with Gasteiger partial charge in [-0.05, 0) is 13.1 Å². The molecule has 0 radical (unpaired) electrons. The lowest BCUT2D eigenvalue weighted by Crippen LogP contribution is -2.30. The summed E-state index contributed by atoms with van der Waals surface area (Å²) in [6.07, 6.45) is -0.718. The van der Waals surface area contributed by atoms with Gasteiger partial charge in [-0.1, -0.05) is 36.4 Å². The number of rotatable bonds is 5. The molecule has 0 saturated heterocycles. The molecule has 1 unspecified atom stereocenters. The molecule has 110 valence electrons. The van der Waals surface area contributed by atoms with Gasteiger partial charge in [0.1, 0.15) is 11.2 Å². The van der Waals surface area contributed by atoms with Gasteiger partial charge in [0.2, 0.25) is 0 Å². The lowest BCUT2D eigenvalue weighted by Gasteiger charge is -2.19. The van der Waals surface area contributed by atoms with Gasteiger partial charge in [-0.3, -0.25) is 4.90 Å². The van der Waals surface area contributed by atoms with Gasteiger partial charge < -0.3 is 14.6 Å². The Bertz CT molecular complexity index is 750. The van der Waals surface area contributed by atoms with Crippen molar-refractivity contribution in [3.8, 4) is 0 Å². The smallest absolute Gasteiger partial charge is 0.139 e. The van der Waals surface area contributed by atoms with Crippen LogP contribution in [0.5, 0.6) is 0 Å². The first-order valence-electron chi connectivity index (χ1n) is 7.05. The molecule has 3 rings (SSSR count). The van der Waals surface area contributed by atoms with Crippen LogP contribution in [-0.2, 0) is 6.54 Å². The Labute approximate surface area is 123 Å². The summed E-state index contributed by atoms with van der Waals surface area (Å²) >= 11 is 0. The fourth-order valence-corrected chi connectivity index (χ4v) is 2.70. The van der Waals surface area contributed by atoms with E-state index in [1.54, 1.807) is 0 Å². The SMILES string of the molecule is CN(Cc1cccc2c1oc1ccccc12)CC(O)CO. The van der Waals surface area contributed by atoms with Crippen LogP contribution in [0.25, 0.3) is 21.9 Å². The van der Waals surface area contributed by atoms with E-state index in [0.29, 0.717) is 13.1 Å². The molecule has 0 spiro atoms. The summed E-state index contributed by atoms with van der Waals surface area (Å²) in [6.45, 7) is 0.862. The van der Waals surface area contributed by atoms with E-state index in [1.165, 1.54) is 0 Å². The Morgan fingerprint density at radius 1 is 1.10 bits per heavy atom. The van der Waals surface area contributed by atoms with Crippen molar-refractivity contribution in [1.82, 2.24) is 4.90 Å². The minimum absolute atomic E-state index is 0.223. The highest BCUT2D eigenvalue weighted by Crippen LogP contribution is 2.31. The van der Waals surface area contributed by atoms with Crippen LogP contribution in [0.15, 0.2) is 46.9 Å². The Morgan fingerprint density at radius 3 is 2.67 bits per heavy atom. The predicted octanol–water partition coefficient (Wildman–Crippen LogP) is 2.37. The number of likely N-dealkylation sites (N-methyl/N-ethyl adjacent to an activating group) is 1. The Balaban J connectivity index is 1.95. The number of benzene rings is 2. The Morgan fingerprint density at radius 2 is 1.86 bits per heavy atom. The maximum atomic E-state index is 9.52. The van der Waals surface area contributed by atoms with E-state index in [2.05, 4.69) is 12.1 Å². The van der Waals surface area contributed by atoms with Crippen molar-refractivity contribution in [1.29, 1.82) is 0 Å². The fourth-order valence-electron chi connectivity index (χ4n) is 2.70. The average molecular weight is 285 g/mol. The zero-order chi connectivity index (χ0) is 14.8. The lowest BCUT2D eigenvalue weighted by molar-refractivity contribution is 0.0648. The summed E-state index contributed by atoms with van der Waals surface area (Å²) in [5, 5.41) is 20.7. The molecule has 1 heterocycles. The van der Waals surface area contributed by atoms with Gasteiger partial charge in [0.25, 0.3) is 0 Å². The molecule has 4 heteroatoms. The van der Waals surface area contributed by atoms with Crippen LogP contribution in [-0.4, -0.2) is 41.4 Å². The molecule has 3 aromatic rings. The van der Waals surface area contributed by atoms with E-state index >= 15 is 0 Å². The molecule has 0 aliphatic rings. The normalized spacial score (nSPS) is 13.3. The maximum absolute atomic E-state index is 9.52. The summed E-state index contributed by atoms with van der Waals surface area (Å²) in [5.41, 5.74) is 2.86. The third-order valence-electron chi connectivity index (χ3n) is 3.66. The van der Waals surface area contributed by atoms with Crippen LogP contribution in [0.1, 0.15) is 5.56 Å². The van der Waals surface area contributed by atoms with Crippen molar-refractivity contribution in [2.75, 3.05) is 20.2 Å². The van der Waals surface area contributed by atoms with E-state index in [-0.39, 0.29) is 6.61 Å². The average Bonchev–Trinajstić information content (AvgIpc) is 2.87. The maximum Gasteiger partial charge on any atom is 0.139 e. The van der Waals surface area contributed by atoms with Crippen molar-refractivity contribution in [2.45, 2.75) is 12.6 Å². The summed E-state index contributed by atoms with van der Waals surface area (Å²) in [7, 11) is 1.92. The number of furan rings is 1. The third kappa shape index (κ3) is 2.78. The number of fused-ring (bicyclic) bond motifs is 3. The number of aliphatic hydroxyl groups is 2. The molecule has 21 heavy (non-hydrogen) atoms. The molecule has 0 aliphatic heterocycles. The predicted molar refractivity (Wildman–Crippen MR) is 83.1 cm³/mol. The number of aliphatic hydroxyl groups excluding tert-OH is 2. The van der Waals surface area contributed by atoms with E-state index in [1.807, 2.05) is 42.3 Å².